The third kappa shape index (κ3) is 3.81. The molecule has 0 aliphatic carbocycles. The van der Waals surface area contributed by atoms with Gasteiger partial charge in [0, 0.05) is 12.6 Å². The lowest BCUT2D eigenvalue weighted by atomic mass is 9.97. The normalized spacial score (nSPS) is 20.5. The summed E-state index contributed by atoms with van der Waals surface area (Å²) in [5, 5.41) is 5.66. The number of piperidine rings is 1. The van der Waals surface area contributed by atoms with Crippen LogP contribution in [0.15, 0.2) is 30.3 Å². The molecule has 2 N–H and O–H groups in total. The fourth-order valence-electron chi connectivity index (χ4n) is 2.38. The van der Waals surface area contributed by atoms with E-state index in [2.05, 4.69) is 10.6 Å². The number of benzene rings is 1. The van der Waals surface area contributed by atoms with Crippen molar-refractivity contribution >= 4 is 11.8 Å². The highest BCUT2D eigenvalue weighted by Gasteiger charge is 2.29. The summed E-state index contributed by atoms with van der Waals surface area (Å²) in [6.45, 7) is 2.65. The van der Waals surface area contributed by atoms with Crippen LogP contribution in [0.2, 0.25) is 0 Å². The van der Waals surface area contributed by atoms with E-state index in [4.69, 9.17) is 0 Å². The smallest absolute Gasteiger partial charge is 0.232 e. The molecule has 1 aromatic rings. The van der Waals surface area contributed by atoms with Gasteiger partial charge in [0.25, 0.3) is 0 Å². The van der Waals surface area contributed by atoms with E-state index in [1.54, 1.807) is 0 Å². The Morgan fingerprint density at radius 3 is 2.84 bits per heavy atom. The number of hydrogen-bond donors (Lipinski definition) is 2. The molecule has 1 heterocycles. The monoisotopic (exact) mass is 260 g/mol. The number of rotatable bonds is 4. The molecule has 2 rings (SSSR count). The average Bonchev–Trinajstić information content (AvgIpc) is 2.40. The largest absolute Gasteiger partial charge is 0.355 e. The molecule has 0 radical (unpaired) electrons. The Balaban J connectivity index is 1.86. The minimum atomic E-state index is -0.521. The van der Waals surface area contributed by atoms with Crippen LogP contribution in [0.4, 0.5) is 0 Å². The Hall–Kier alpha value is -1.84. The van der Waals surface area contributed by atoms with Crippen LogP contribution in [0.25, 0.3) is 0 Å². The van der Waals surface area contributed by atoms with Crippen LogP contribution < -0.4 is 10.6 Å². The molecule has 0 bridgehead atoms. The van der Waals surface area contributed by atoms with Gasteiger partial charge in [0.1, 0.15) is 5.92 Å². The van der Waals surface area contributed by atoms with Gasteiger partial charge in [-0.1, -0.05) is 30.3 Å². The Morgan fingerprint density at radius 2 is 2.16 bits per heavy atom. The van der Waals surface area contributed by atoms with E-state index in [9.17, 15) is 9.59 Å². The first-order valence-corrected chi connectivity index (χ1v) is 6.79. The molecular formula is C15H20N2O2. The zero-order valence-electron chi connectivity index (χ0n) is 11.2. The van der Waals surface area contributed by atoms with E-state index in [1.807, 2.05) is 37.3 Å². The maximum Gasteiger partial charge on any atom is 0.232 e. The van der Waals surface area contributed by atoms with Gasteiger partial charge in [-0.15, -0.1) is 0 Å². The molecular weight excluding hydrogens is 240 g/mol. The van der Waals surface area contributed by atoms with Crippen LogP contribution in [0, 0.1) is 5.92 Å². The van der Waals surface area contributed by atoms with E-state index in [0.29, 0.717) is 13.0 Å². The summed E-state index contributed by atoms with van der Waals surface area (Å²) in [6, 6.07) is 10.0. The molecule has 0 saturated carbocycles. The van der Waals surface area contributed by atoms with E-state index in [1.165, 1.54) is 5.56 Å². The summed E-state index contributed by atoms with van der Waals surface area (Å²) < 4.78 is 0. The SMILES string of the molecule is C[C@H](Cc1ccccc1)NC(=O)[C@H]1CCCNC1=O. The number of carbonyl (C=O) groups excluding carboxylic acids is 2. The van der Waals surface area contributed by atoms with Gasteiger partial charge in [-0.25, -0.2) is 0 Å². The second-order valence-corrected chi connectivity index (χ2v) is 5.09. The molecule has 1 aliphatic heterocycles. The van der Waals surface area contributed by atoms with Gasteiger partial charge in [-0.2, -0.15) is 0 Å². The van der Waals surface area contributed by atoms with Crippen LogP contribution in [0.1, 0.15) is 25.3 Å². The Kier molecular flexibility index (Phi) is 4.55. The Labute approximate surface area is 113 Å². The zero-order valence-corrected chi connectivity index (χ0v) is 11.2. The standard InChI is InChI=1S/C15H20N2O2/c1-11(10-12-6-3-2-4-7-12)17-15(19)13-8-5-9-16-14(13)18/h2-4,6-7,11,13H,5,8-10H2,1H3,(H,16,18)(H,17,19)/t11-,13+/m1/s1. The molecule has 1 fully saturated rings. The highest BCUT2D eigenvalue weighted by atomic mass is 16.2. The quantitative estimate of drug-likeness (QED) is 0.801. The van der Waals surface area contributed by atoms with Crippen LogP contribution >= 0.6 is 0 Å². The van der Waals surface area contributed by atoms with Crippen LogP contribution in [0.5, 0.6) is 0 Å². The van der Waals surface area contributed by atoms with E-state index < -0.39 is 5.92 Å². The van der Waals surface area contributed by atoms with Gasteiger partial charge in [-0.3, -0.25) is 9.59 Å². The first-order valence-electron chi connectivity index (χ1n) is 6.79. The van der Waals surface area contributed by atoms with E-state index in [0.717, 1.165) is 12.8 Å². The lowest BCUT2D eigenvalue weighted by molar-refractivity contribution is -0.137. The summed E-state index contributed by atoms with van der Waals surface area (Å²) in [5.74, 6) is -0.816. The second-order valence-electron chi connectivity index (χ2n) is 5.09. The average molecular weight is 260 g/mol. The van der Waals surface area contributed by atoms with Gasteiger partial charge in [0.05, 0.1) is 0 Å². The zero-order chi connectivity index (χ0) is 13.7. The molecule has 102 valence electrons. The van der Waals surface area contributed by atoms with E-state index >= 15 is 0 Å². The third-order valence-electron chi connectivity index (χ3n) is 3.38. The molecule has 4 nitrogen and oxygen atoms in total. The molecule has 1 saturated heterocycles. The molecule has 4 heteroatoms. The van der Waals surface area contributed by atoms with Gasteiger partial charge >= 0.3 is 0 Å². The van der Waals surface area contributed by atoms with Crippen LogP contribution in [-0.2, 0) is 16.0 Å². The second kappa shape index (κ2) is 6.36. The molecule has 0 aromatic heterocycles. The Morgan fingerprint density at radius 1 is 1.42 bits per heavy atom. The van der Waals surface area contributed by atoms with Crippen molar-refractivity contribution in [3.63, 3.8) is 0 Å². The van der Waals surface area contributed by atoms with Gasteiger partial charge < -0.3 is 10.6 Å². The molecule has 19 heavy (non-hydrogen) atoms. The van der Waals surface area contributed by atoms with Crippen molar-refractivity contribution in [3.05, 3.63) is 35.9 Å². The molecule has 1 aliphatic rings. The topological polar surface area (TPSA) is 58.2 Å². The molecule has 2 amide bonds. The summed E-state index contributed by atoms with van der Waals surface area (Å²) in [6.07, 6.45) is 2.30. The summed E-state index contributed by atoms with van der Waals surface area (Å²) in [4.78, 5) is 23.6. The predicted octanol–water partition coefficient (Wildman–Crippen LogP) is 1.26. The minimum Gasteiger partial charge on any atom is -0.355 e. The third-order valence-corrected chi connectivity index (χ3v) is 3.38. The minimum absolute atomic E-state index is 0.0321. The fourth-order valence-corrected chi connectivity index (χ4v) is 2.38. The molecule has 1 aromatic carbocycles. The predicted molar refractivity (Wildman–Crippen MR) is 73.5 cm³/mol. The molecule has 0 spiro atoms. The van der Waals surface area contributed by atoms with Gasteiger partial charge in [0.2, 0.25) is 11.8 Å². The lowest BCUT2D eigenvalue weighted by Crippen LogP contribution is -2.47. The van der Waals surface area contributed by atoms with Crippen molar-refractivity contribution in [1.29, 1.82) is 0 Å². The summed E-state index contributed by atoms with van der Waals surface area (Å²) in [5.41, 5.74) is 1.18. The maximum absolute atomic E-state index is 12.0. The van der Waals surface area contributed by atoms with Crippen molar-refractivity contribution in [3.8, 4) is 0 Å². The van der Waals surface area contributed by atoms with Crippen molar-refractivity contribution in [2.24, 2.45) is 5.92 Å². The van der Waals surface area contributed by atoms with Crippen molar-refractivity contribution in [2.75, 3.05) is 6.54 Å². The summed E-state index contributed by atoms with van der Waals surface area (Å²) in [7, 11) is 0. The van der Waals surface area contributed by atoms with E-state index in [-0.39, 0.29) is 17.9 Å². The molecule has 0 unspecified atom stereocenters. The van der Waals surface area contributed by atoms with Gasteiger partial charge in [0.15, 0.2) is 0 Å². The highest BCUT2D eigenvalue weighted by Crippen LogP contribution is 2.12. The van der Waals surface area contributed by atoms with Crippen LogP contribution in [-0.4, -0.2) is 24.4 Å². The number of amides is 2. The number of nitrogens with one attached hydrogen (secondary N) is 2. The Bertz CT molecular complexity index is 445. The van der Waals surface area contributed by atoms with Crippen molar-refractivity contribution in [2.45, 2.75) is 32.2 Å². The van der Waals surface area contributed by atoms with Crippen LogP contribution in [0.3, 0.4) is 0 Å². The number of carbonyl (C=O) groups is 2. The molecule has 2 atom stereocenters. The number of hydrogen-bond acceptors (Lipinski definition) is 2. The lowest BCUT2D eigenvalue weighted by Gasteiger charge is -2.23. The summed E-state index contributed by atoms with van der Waals surface area (Å²) >= 11 is 0. The fraction of sp³-hybridized carbons (Fsp3) is 0.467. The van der Waals surface area contributed by atoms with Crippen molar-refractivity contribution < 1.29 is 9.59 Å². The first kappa shape index (κ1) is 13.6. The maximum atomic E-state index is 12.0. The van der Waals surface area contributed by atoms with Crippen molar-refractivity contribution in [1.82, 2.24) is 10.6 Å². The first-order chi connectivity index (χ1) is 9.16. The highest BCUT2D eigenvalue weighted by molar-refractivity contribution is 6.00. The van der Waals surface area contributed by atoms with Gasteiger partial charge in [-0.05, 0) is 31.7 Å².